The maximum Gasteiger partial charge on any atom is 0.231 e. The minimum atomic E-state index is 0.0175. The van der Waals surface area contributed by atoms with Crippen molar-refractivity contribution in [3.63, 3.8) is 0 Å². The number of nitrogens with zero attached hydrogens (tertiary/aromatic N) is 1. The Morgan fingerprint density at radius 3 is 3.00 bits per heavy atom. The van der Waals surface area contributed by atoms with E-state index >= 15 is 0 Å². The number of carbonyl (C=O) groups excluding carboxylic acids is 1. The molecular weight excluding hydrogens is 260 g/mol. The van der Waals surface area contributed by atoms with Crippen LogP contribution in [0.4, 0.5) is 5.69 Å². The van der Waals surface area contributed by atoms with Gasteiger partial charge in [-0.25, -0.2) is 0 Å². The van der Waals surface area contributed by atoms with Crippen LogP contribution in [-0.2, 0) is 4.79 Å². The van der Waals surface area contributed by atoms with Gasteiger partial charge in [-0.2, -0.15) is 0 Å². The van der Waals surface area contributed by atoms with E-state index < -0.39 is 0 Å². The number of hydrogen-bond donors (Lipinski definition) is 1. The summed E-state index contributed by atoms with van der Waals surface area (Å²) in [6.45, 7) is 4.90. The summed E-state index contributed by atoms with van der Waals surface area (Å²) < 4.78 is 0. The number of para-hydroxylation sites is 1. The van der Waals surface area contributed by atoms with E-state index in [-0.39, 0.29) is 5.92 Å². The fourth-order valence-corrected chi connectivity index (χ4v) is 3.81. The van der Waals surface area contributed by atoms with Gasteiger partial charge in [0.25, 0.3) is 0 Å². The average molecular weight is 286 g/mol. The number of hydrogen-bond acceptors (Lipinski definition) is 2. The molecule has 114 valence electrons. The Morgan fingerprint density at radius 1 is 1.29 bits per heavy atom. The summed E-state index contributed by atoms with van der Waals surface area (Å²) in [7, 11) is 0. The molecule has 2 atom stereocenters. The molecule has 1 amide bonds. The molecule has 1 N–H and O–H groups in total. The number of carbonyl (C=O) groups is 1. The highest BCUT2D eigenvalue weighted by Gasteiger charge is 2.32. The second-order valence-corrected chi connectivity index (χ2v) is 6.43. The molecule has 0 aliphatic carbocycles. The van der Waals surface area contributed by atoms with E-state index in [9.17, 15) is 4.79 Å². The number of benzene rings is 1. The molecular formula is C18H26N2O. The molecule has 0 aromatic heterocycles. The normalized spacial score (nSPS) is 25.1. The zero-order chi connectivity index (χ0) is 14.7. The van der Waals surface area contributed by atoms with Crippen LogP contribution in [0.3, 0.4) is 0 Å². The summed E-state index contributed by atoms with van der Waals surface area (Å²) in [6.07, 6.45) is 6.21. The minimum absolute atomic E-state index is 0.0175. The van der Waals surface area contributed by atoms with E-state index in [0.29, 0.717) is 5.91 Å². The van der Waals surface area contributed by atoms with Crippen molar-refractivity contribution in [3.8, 4) is 0 Å². The van der Waals surface area contributed by atoms with Crippen molar-refractivity contribution in [3.05, 3.63) is 29.8 Å². The van der Waals surface area contributed by atoms with Crippen LogP contribution in [0.2, 0.25) is 0 Å². The van der Waals surface area contributed by atoms with Crippen molar-refractivity contribution in [1.82, 2.24) is 4.90 Å². The third-order valence-corrected chi connectivity index (χ3v) is 4.99. The lowest BCUT2D eigenvalue weighted by Gasteiger charge is -2.24. The zero-order valence-corrected chi connectivity index (χ0v) is 13.0. The van der Waals surface area contributed by atoms with Gasteiger partial charge in [0.15, 0.2) is 0 Å². The molecule has 21 heavy (non-hydrogen) atoms. The van der Waals surface area contributed by atoms with Gasteiger partial charge in [0.2, 0.25) is 5.91 Å². The number of rotatable bonds is 3. The zero-order valence-electron chi connectivity index (χ0n) is 13.0. The third kappa shape index (κ3) is 3.07. The van der Waals surface area contributed by atoms with Gasteiger partial charge in [0.05, 0.1) is 5.92 Å². The Balaban J connectivity index is 1.66. The van der Waals surface area contributed by atoms with E-state index in [1.54, 1.807) is 0 Å². The van der Waals surface area contributed by atoms with Gasteiger partial charge in [-0.1, -0.05) is 38.0 Å². The first-order valence-corrected chi connectivity index (χ1v) is 8.41. The van der Waals surface area contributed by atoms with Crippen LogP contribution >= 0.6 is 0 Å². The molecule has 1 saturated heterocycles. The van der Waals surface area contributed by atoms with Gasteiger partial charge in [-0.05, 0) is 36.8 Å². The Labute approximate surface area is 127 Å². The van der Waals surface area contributed by atoms with Crippen molar-refractivity contribution in [2.75, 3.05) is 25.0 Å². The predicted molar refractivity (Wildman–Crippen MR) is 86.5 cm³/mol. The number of amides is 1. The largest absolute Gasteiger partial charge is 0.384 e. The molecule has 0 spiro atoms. The van der Waals surface area contributed by atoms with E-state index in [0.717, 1.165) is 37.7 Å². The van der Waals surface area contributed by atoms with Gasteiger partial charge < -0.3 is 10.2 Å². The lowest BCUT2D eigenvalue weighted by Crippen LogP contribution is -2.36. The summed E-state index contributed by atoms with van der Waals surface area (Å²) in [4.78, 5) is 15.0. The van der Waals surface area contributed by atoms with Gasteiger partial charge in [-0.3, -0.25) is 4.79 Å². The highest BCUT2D eigenvalue weighted by Crippen LogP contribution is 2.33. The highest BCUT2D eigenvalue weighted by atomic mass is 16.2. The molecule has 3 rings (SSSR count). The lowest BCUT2D eigenvalue weighted by molar-refractivity contribution is -0.132. The first kappa shape index (κ1) is 14.4. The van der Waals surface area contributed by atoms with Gasteiger partial charge in [-0.15, -0.1) is 0 Å². The van der Waals surface area contributed by atoms with Crippen molar-refractivity contribution in [2.45, 2.75) is 44.9 Å². The van der Waals surface area contributed by atoms with Crippen LogP contribution in [0, 0.1) is 5.92 Å². The van der Waals surface area contributed by atoms with Crippen LogP contribution in [0.25, 0.3) is 0 Å². The number of nitrogens with one attached hydrogen (secondary N) is 1. The number of anilines is 1. The fourth-order valence-electron chi connectivity index (χ4n) is 3.81. The highest BCUT2D eigenvalue weighted by molar-refractivity contribution is 5.88. The quantitative estimate of drug-likeness (QED) is 0.920. The third-order valence-electron chi connectivity index (χ3n) is 4.99. The molecule has 2 heterocycles. The molecule has 0 radical (unpaired) electrons. The van der Waals surface area contributed by atoms with Crippen molar-refractivity contribution in [1.29, 1.82) is 0 Å². The first-order chi connectivity index (χ1) is 10.3. The molecule has 2 aliphatic heterocycles. The van der Waals surface area contributed by atoms with Crippen LogP contribution in [0.5, 0.6) is 0 Å². The molecule has 3 nitrogen and oxygen atoms in total. The van der Waals surface area contributed by atoms with E-state index in [1.807, 2.05) is 12.1 Å². The molecule has 0 bridgehead atoms. The second-order valence-electron chi connectivity index (χ2n) is 6.43. The molecule has 3 heteroatoms. The number of fused-ring (bicyclic) bond motifs is 1. The Bertz CT molecular complexity index is 500. The van der Waals surface area contributed by atoms with E-state index in [4.69, 9.17) is 0 Å². The van der Waals surface area contributed by atoms with Crippen LogP contribution in [0.15, 0.2) is 24.3 Å². The van der Waals surface area contributed by atoms with Crippen LogP contribution in [0.1, 0.15) is 50.5 Å². The summed E-state index contributed by atoms with van der Waals surface area (Å²) >= 11 is 0. The SMILES string of the molecule is CCCC1CCCN(C(=O)C2CNc3ccccc32)CC1. The molecule has 0 saturated carbocycles. The molecule has 1 aromatic rings. The monoisotopic (exact) mass is 286 g/mol. The fraction of sp³-hybridized carbons (Fsp3) is 0.611. The molecule has 2 aliphatic rings. The van der Waals surface area contributed by atoms with Crippen molar-refractivity contribution < 1.29 is 4.79 Å². The summed E-state index contributed by atoms with van der Waals surface area (Å²) in [5, 5.41) is 3.37. The van der Waals surface area contributed by atoms with Crippen molar-refractivity contribution in [2.24, 2.45) is 5.92 Å². The van der Waals surface area contributed by atoms with Gasteiger partial charge in [0.1, 0.15) is 0 Å². The minimum Gasteiger partial charge on any atom is -0.384 e. The first-order valence-electron chi connectivity index (χ1n) is 8.41. The Hall–Kier alpha value is -1.51. The average Bonchev–Trinajstić information content (AvgIpc) is 2.80. The van der Waals surface area contributed by atoms with Gasteiger partial charge >= 0.3 is 0 Å². The molecule has 1 aromatic carbocycles. The standard InChI is InChI=1S/C18H26N2O/c1-2-6-14-7-5-11-20(12-10-14)18(21)16-13-19-17-9-4-3-8-15(16)17/h3-4,8-9,14,16,19H,2,5-7,10-13H2,1H3. The second kappa shape index (κ2) is 6.50. The van der Waals surface area contributed by atoms with Crippen LogP contribution in [-0.4, -0.2) is 30.4 Å². The predicted octanol–water partition coefficient (Wildman–Crippen LogP) is 3.62. The maximum atomic E-state index is 12.9. The Morgan fingerprint density at radius 2 is 2.14 bits per heavy atom. The van der Waals surface area contributed by atoms with Crippen molar-refractivity contribution >= 4 is 11.6 Å². The molecule has 2 unspecified atom stereocenters. The van der Waals surface area contributed by atoms with Gasteiger partial charge in [0, 0.05) is 25.3 Å². The smallest absolute Gasteiger partial charge is 0.231 e. The summed E-state index contributed by atoms with van der Waals surface area (Å²) in [5.41, 5.74) is 2.31. The van der Waals surface area contributed by atoms with Crippen LogP contribution < -0.4 is 5.32 Å². The number of likely N-dealkylation sites (tertiary alicyclic amines) is 1. The topological polar surface area (TPSA) is 32.3 Å². The van der Waals surface area contributed by atoms with E-state index in [2.05, 4.69) is 29.3 Å². The Kier molecular flexibility index (Phi) is 4.47. The molecule has 1 fully saturated rings. The van der Waals surface area contributed by atoms with E-state index in [1.165, 1.54) is 31.2 Å². The summed E-state index contributed by atoms with van der Waals surface area (Å²) in [6, 6.07) is 8.23. The maximum absolute atomic E-state index is 12.9. The summed E-state index contributed by atoms with van der Waals surface area (Å²) in [5.74, 6) is 1.16. The lowest BCUT2D eigenvalue weighted by atomic mass is 9.96.